The highest BCUT2D eigenvalue weighted by Gasteiger charge is 2.53. The van der Waals surface area contributed by atoms with Crippen molar-refractivity contribution in [3.05, 3.63) is 29.8 Å². The maximum absolute atomic E-state index is 12.6. The topological polar surface area (TPSA) is 46.2 Å². The fourth-order valence-electron chi connectivity index (χ4n) is 1.26. The highest BCUT2D eigenvalue weighted by atomic mass is 32.2. The number of hydrogen-bond acceptors (Lipinski definition) is 3. The van der Waals surface area contributed by atoms with E-state index in [1.165, 1.54) is 36.0 Å². The molecule has 6 heteroatoms. The van der Waals surface area contributed by atoms with Crippen LogP contribution in [0, 0.1) is 0 Å². The molecule has 0 saturated heterocycles. The summed E-state index contributed by atoms with van der Waals surface area (Å²) in [6.07, 6.45) is -2.96. The van der Waals surface area contributed by atoms with Crippen LogP contribution in [0.3, 0.4) is 0 Å². The largest absolute Gasteiger partial charge is 0.422 e. The van der Waals surface area contributed by atoms with Gasteiger partial charge in [0.05, 0.1) is 0 Å². The normalized spacial score (nSPS) is 15.9. The highest BCUT2D eigenvalue weighted by molar-refractivity contribution is 7.98. The molecule has 0 aliphatic carbocycles. The minimum Gasteiger partial charge on any atom is -0.375 e. The average molecular weight is 251 g/mol. The molecule has 0 fully saturated rings. The van der Waals surface area contributed by atoms with Gasteiger partial charge in [-0.05, 0) is 24.0 Å². The summed E-state index contributed by atoms with van der Waals surface area (Å²) >= 11 is 1.41. The molecule has 16 heavy (non-hydrogen) atoms. The van der Waals surface area contributed by atoms with E-state index in [9.17, 15) is 18.3 Å². The Balaban J connectivity index is 3.13. The molecule has 0 spiro atoms. The van der Waals surface area contributed by atoms with Crippen LogP contribution in [0.25, 0.3) is 0 Å². The van der Waals surface area contributed by atoms with E-state index in [1.54, 1.807) is 0 Å². The summed E-state index contributed by atoms with van der Waals surface area (Å²) in [5.74, 6) is 0. The van der Waals surface area contributed by atoms with Crippen molar-refractivity contribution < 1.29 is 18.3 Å². The number of nitrogens with two attached hydrogens (primary N) is 1. The predicted molar refractivity (Wildman–Crippen MR) is 57.2 cm³/mol. The van der Waals surface area contributed by atoms with Gasteiger partial charge < -0.3 is 10.8 Å². The summed E-state index contributed by atoms with van der Waals surface area (Å²) in [6, 6.07) is 5.52. The molecule has 0 saturated carbocycles. The number of hydrogen-bond donors (Lipinski definition) is 2. The third-order valence-corrected chi connectivity index (χ3v) is 3.08. The van der Waals surface area contributed by atoms with Gasteiger partial charge in [0, 0.05) is 11.4 Å². The molecule has 0 amide bonds. The van der Waals surface area contributed by atoms with E-state index >= 15 is 0 Å². The van der Waals surface area contributed by atoms with Gasteiger partial charge in [-0.15, -0.1) is 11.8 Å². The van der Waals surface area contributed by atoms with Crippen LogP contribution < -0.4 is 5.73 Å². The van der Waals surface area contributed by atoms with Gasteiger partial charge in [-0.25, -0.2) is 0 Å². The molecule has 0 bridgehead atoms. The number of aliphatic hydroxyl groups is 1. The van der Waals surface area contributed by atoms with Gasteiger partial charge in [0.1, 0.15) is 0 Å². The van der Waals surface area contributed by atoms with Gasteiger partial charge in [-0.2, -0.15) is 13.2 Å². The van der Waals surface area contributed by atoms with Crippen LogP contribution in [-0.4, -0.2) is 24.1 Å². The van der Waals surface area contributed by atoms with Crippen LogP contribution >= 0.6 is 11.8 Å². The van der Waals surface area contributed by atoms with Crippen LogP contribution in [-0.2, 0) is 5.60 Å². The Hall–Kier alpha value is -0.720. The first kappa shape index (κ1) is 13.3. The van der Waals surface area contributed by atoms with Crippen LogP contribution in [0.4, 0.5) is 13.2 Å². The first-order chi connectivity index (χ1) is 7.35. The van der Waals surface area contributed by atoms with Crippen molar-refractivity contribution in [3.8, 4) is 0 Å². The van der Waals surface area contributed by atoms with Crippen molar-refractivity contribution in [2.24, 2.45) is 5.73 Å². The molecule has 90 valence electrons. The van der Waals surface area contributed by atoms with Crippen LogP contribution in [0.5, 0.6) is 0 Å². The number of halogens is 3. The zero-order valence-corrected chi connectivity index (χ0v) is 9.40. The third kappa shape index (κ3) is 2.34. The van der Waals surface area contributed by atoms with Gasteiger partial charge in [0.15, 0.2) is 5.60 Å². The first-order valence-electron chi connectivity index (χ1n) is 4.49. The van der Waals surface area contributed by atoms with Crippen LogP contribution in [0.1, 0.15) is 5.56 Å². The summed E-state index contributed by atoms with van der Waals surface area (Å²) in [4.78, 5) is 0.824. The van der Waals surface area contributed by atoms with E-state index in [2.05, 4.69) is 0 Å². The lowest BCUT2D eigenvalue weighted by molar-refractivity contribution is -0.262. The summed E-state index contributed by atoms with van der Waals surface area (Å²) in [5.41, 5.74) is 1.82. The molecule has 1 atom stereocenters. The summed E-state index contributed by atoms with van der Waals surface area (Å²) in [6.45, 7) is -0.894. The summed E-state index contributed by atoms with van der Waals surface area (Å²) < 4.78 is 37.9. The molecular weight excluding hydrogens is 239 g/mol. The maximum Gasteiger partial charge on any atom is 0.422 e. The Morgan fingerprint density at radius 1 is 1.25 bits per heavy atom. The Morgan fingerprint density at radius 2 is 1.75 bits per heavy atom. The predicted octanol–water partition coefficient (Wildman–Crippen LogP) is 2.12. The quantitative estimate of drug-likeness (QED) is 0.809. The molecule has 0 heterocycles. The van der Waals surface area contributed by atoms with Crippen molar-refractivity contribution in [3.63, 3.8) is 0 Å². The van der Waals surface area contributed by atoms with Gasteiger partial charge in [-0.3, -0.25) is 0 Å². The van der Waals surface area contributed by atoms with E-state index in [0.29, 0.717) is 0 Å². The second-order valence-electron chi connectivity index (χ2n) is 3.29. The molecule has 0 aliphatic heterocycles. The lowest BCUT2D eigenvalue weighted by Crippen LogP contribution is -2.48. The Bertz CT molecular complexity index is 352. The van der Waals surface area contributed by atoms with E-state index in [1.807, 2.05) is 6.26 Å². The van der Waals surface area contributed by atoms with E-state index in [4.69, 9.17) is 5.73 Å². The maximum atomic E-state index is 12.6. The van der Waals surface area contributed by atoms with E-state index in [-0.39, 0.29) is 5.56 Å². The first-order valence-corrected chi connectivity index (χ1v) is 5.71. The number of alkyl halides is 3. The van der Waals surface area contributed by atoms with Gasteiger partial charge in [0.2, 0.25) is 0 Å². The summed E-state index contributed by atoms with van der Waals surface area (Å²) in [5, 5.41) is 9.53. The molecule has 0 aromatic heterocycles. The fraction of sp³-hybridized carbons (Fsp3) is 0.400. The Labute approximate surface area is 95.6 Å². The van der Waals surface area contributed by atoms with Crippen molar-refractivity contribution in [1.29, 1.82) is 0 Å². The molecule has 0 radical (unpaired) electrons. The Morgan fingerprint density at radius 3 is 2.06 bits per heavy atom. The standard InChI is InChI=1S/C10H12F3NOS/c1-16-8-4-2-7(3-5-8)9(15,6-14)10(11,12)13/h2-5,15H,6,14H2,1H3. The molecule has 1 aromatic rings. The smallest absolute Gasteiger partial charge is 0.375 e. The van der Waals surface area contributed by atoms with Gasteiger partial charge in [0.25, 0.3) is 0 Å². The zero-order chi connectivity index (χ0) is 12.4. The molecule has 2 nitrogen and oxygen atoms in total. The number of thioether (sulfide) groups is 1. The minimum atomic E-state index is -4.78. The molecule has 0 aliphatic rings. The molecule has 1 rings (SSSR count). The summed E-state index contributed by atoms with van der Waals surface area (Å²) in [7, 11) is 0. The van der Waals surface area contributed by atoms with Crippen molar-refractivity contribution in [2.45, 2.75) is 16.7 Å². The fourth-order valence-corrected chi connectivity index (χ4v) is 1.67. The monoisotopic (exact) mass is 251 g/mol. The van der Waals surface area contributed by atoms with Crippen molar-refractivity contribution in [2.75, 3.05) is 12.8 Å². The average Bonchev–Trinajstić information content (AvgIpc) is 2.26. The second kappa shape index (κ2) is 4.65. The third-order valence-electron chi connectivity index (χ3n) is 2.33. The van der Waals surface area contributed by atoms with Crippen LogP contribution in [0.15, 0.2) is 29.2 Å². The van der Waals surface area contributed by atoms with Crippen molar-refractivity contribution >= 4 is 11.8 Å². The zero-order valence-electron chi connectivity index (χ0n) is 8.58. The van der Waals surface area contributed by atoms with Gasteiger partial charge in [-0.1, -0.05) is 12.1 Å². The number of benzene rings is 1. The molecule has 1 aromatic carbocycles. The van der Waals surface area contributed by atoms with Crippen LogP contribution in [0.2, 0.25) is 0 Å². The van der Waals surface area contributed by atoms with Crippen molar-refractivity contribution in [1.82, 2.24) is 0 Å². The van der Waals surface area contributed by atoms with Gasteiger partial charge >= 0.3 is 6.18 Å². The Kier molecular flexibility index (Phi) is 3.88. The van der Waals surface area contributed by atoms with E-state index < -0.39 is 18.3 Å². The molecule has 1 unspecified atom stereocenters. The SMILES string of the molecule is CSc1ccc(C(O)(CN)C(F)(F)F)cc1. The second-order valence-corrected chi connectivity index (χ2v) is 4.17. The minimum absolute atomic E-state index is 0.236. The molecule has 3 N–H and O–H groups in total. The highest BCUT2D eigenvalue weighted by Crippen LogP contribution is 2.38. The lowest BCUT2D eigenvalue weighted by Gasteiger charge is -2.29. The lowest BCUT2D eigenvalue weighted by atomic mass is 9.93. The number of rotatable bonds is 3. The van der Waals surface area contributed by atoms with E-state index in [0.717, 1.165) is 4.90 Å². The molecular formula is C10H12F3NOS.